The Morgan fingerprint density at radius 2 is 2.50 bits per heavy atom. The molecule has 36 valence electrons. The smallest absolute Gasteiger partial charge is 0.0631 e. The zero-order valence-corrected chi connectivity index (χ0v) is 3.81. The molecule has 0 aliphatic heterocycles. The van der Waals surface area contributed by atoms with Gasteiger partial charge in [0.2, 0.25) is 0 Å². The molecular weight excluding hydrogens is 78.0 g/mol. The van der Waals surface area contributed by atoms with Gasteiger partial charge in [-0.05, 0) is 13.0 Å². The quantitative estimate of drug-likeness (QED) is 0.467. The van der Waals surface area contributed by atoms with Crippen LogP contribution in [0.4, 0.5) is 0 Å². The fourth-order valence-corrected chi connectivity index (χ4v) is 0.144. The summed E-state index contributed by atoms with van der Waals surface area (Å²) < 4.78 is 0. The van der Waals surface area contributed by atoms with Crippen molar-refractivity contribution in [2.45, 2.75) is 6.92 Å². The minimum absolute atomic E-state index is 0.0440. The minimum atomic E-state index is 0.0440. The van der Waals surface area contributed by atoms with Crippen LogP contribution in [0.3, 0.4) is 0 Å². The van der Waals surface area contributed by atoms with Gasteiger partial charge in [-0.1, -0.05) is 0 Å². The van der Waals surface area contributed by atoms with E-state index in [2.05, 4.69) is 0 Å². The molecular formula is C4H9NO. The number of hydrogen-bond acceptors (Lipinski definition) is 2. The van der Waals surface area contributed by atoms with Gasteiger partial charge in [0.1, 0.15) is 0 Å². The molecule has 0 amide bonds. The molecule has 0 aliphatic carbocycles. The van der Waals surface area contributed by atoms with E-state index in [-0.39, 0.29) is 6.61 Å². The molecule has 0 bridgehead atoms. The van der Waals surface area contributed by atoms with E-state index in [9.17, 15) is 0 Å². The van der Waals surface area contributed by atoms with E-state index < -0.39 is 0 Å². The second kappa shape index (κ2) is 2.72. The third-order valence-corrected chi connectivity index (χ3v) is 0.413. The van der Waals surface area contributed by atoms with E-state index in [1.807, 2.05) is 0 Å². The number of nitrogens with two attached hydrogens (primary N) is 1. The van der Waals surface area contributed by atoms with Gasteiger partial charge < -0.3 is 10.8 Å². The summed E-state index contributed by atoms with van der Waals surface area (Å²) >= 11 is 0. The van der Waals surface area contributed by atoms with Crippen molar-refractivity contribution < 1.29 is 5.11 Å². The molecule has 0 atom stereocenters. The Hall–Kier alpha value is -0.500. The van der Waals surface area contributed by atoms with E-state index in [4.69, 9.17) is 10.8 Å². The molecule has 0 saturated carbocycles. The minimum Gasteiger partial charge on any atom is -0.402 e. The molecule has 0 rings (SSSR count). The van der Waals surface area contributed by atoms with Crippen LogP contribution >= 0.6 is 0 Å². The highest BCUT2D eigenvalue weighted by Gasteiger charge is 1.68. The third kappa shape index (κ3) is 3.50. The van der Waals surface area contributed by atoms with Crippen LogP contribution in [0.5, 0.6) is 0 Å². The van der Waals surface area contributed by atoms with Gasteiger partial charge in [-0.25, -0.2) is 0 Å². The monoisotopic (exact) mass is 87.1 g/mol. The molecule has 2 heteroatoms. The molecule has 0 aromatic carbocycles. The molecule has 2 nitrogen and oxygen atoms in total. The lowest BCUT2D eigenvalue weighted by molar-refractivity contribution is 0.341. The maximum Gasteiger partial charge on any atom is 0.0631 e. The Labute approximate surface area is 37.3 Å². The van der Waals surface area contributed by atoms with Crippen LogP contribution in [0, 0.1) is 0 Å². The maximum absolute atomic E-state index is 8.08. The first-order chi connectivity index (χ1) is 2.77. The first kappa shape index (κ1) is 5.50. The van der Waals surface area contributed by atoms with Gasteiger partial charge in [0.15, 0.2) is 0 Å². The van der Waals surface area contributed by atoms with E-state index in [1.165, 1.54) is 0 Å². The Bertz CT molecular complexity index is 54.6. The standard InChI is InChI=1S/C4H9NO/c1-4(5)2-3-6/h2,6H,3,5H2,1H3/b4-2+. The largest absolute Gasteiger partial charge is 0.402 e. The van der Waals surface area contributed by atoms with Gasteiger partial charge in [0.25, 0.3) is 0 Å². The van der Waals surface area contributed by atoms with Gasteiger partial charge in [-0.2, -0.15) is 0 Å². The fourth-order valence-electron chi connectivity index (χ4n) is 0.144. The highest BCUT2D eigenvalue weighted by Crippen LogP contribution is 1.73. The van der Waals surface area contributed by atoms with Crippen molar-refractivity contribution in [3.05, 3.63) is 11.8 Å². The lowest BCUT2D eigenvalue weighted by Gasteiger charge is -1.81. The van der Waals surface area contributed by atoms with E-state index >= 15 is 0 Å². The molecule has 0 aliphatic rings. The zero-order valence-electron chi connectivity index (χ0n) is 3.81. The molecule has 0 saturated heterocycles. The molecule has 0 aromatic heterocycles. The van der Waals surface area contributed by atoms with Crippen LogP contribution in [0.2, 0.25) is 0 Å². The average molecular weight is 87.1 g/mol. The number of aliphatic hydroxyl groups is 1. The van der Waals surface area contributed by atoms with Gasteiger partial charge in [0.05, 0.1) is 6.61 Å². The third-order valence-electron chi connectivity index (χ3n) is 0.413. The lowest BCUT2D eigenvalue weighted by Crippen LogP contribution is -1.90. The molecule has 0 heterocycles. The summed E-state index contributed by atoms with van der Waals surface area (Å²) in [6.07, 6.45) is 1.54. The van der Waals surface area contributed by atoms with Gasteiger partial charge in [-0.3, -0.25) is 0 Å². The second-order valence-electron chi connectivity index (χ2n) is 1.13. The Morgan fingerprint density at radius 3 is 2.50 bits per heavy atom. The number of rotatable bonds is 1. The summed E-state index contributed by atoms with van der Waals surface area (Å²) in [6.45, 7) is 1.78. The van der Waals surface area contributed by atoms with Crippen molar-refractivity contribution in [3.8, 4) is 0 Å². The van der Waals surface area contributed by atoms with Crippen molar-refractivity contribution in [2.24, 2.45) is 5.73 Å². The van der Waals surface area contributed by atoms with Crippen LogP contribution < -0.4 is 5.73 Å². The normalized spacial score (nSPS) is 12.0. The summed E-state index contributed by atoms with van der Waals surface area (Å²) in [6, 6.07) is 0. The SMILES string of the molecule is C/C(N)=C\CO. The maximum atomic E-state index is 8.08. The van der Waals surface area contributed by atoms with Crippen molar-refractivity contribution in [1.82, 2.24) is 0 Å². The summed E-state index contributed by atoms with van der Waals surface area (Å²) in [5, 5.41) is 8.08. The summed E-state index contributed by atoms with van der Waals surface area (Å²) in [7, 11) is 0. The van der Waals surface area contributed by atoms with Crippen molar-refractivity contribution in [1.29, 1.82) is 0 Å². The summed E-state index contributed by atoms with van der Waals surface area (Å²) in [4.78, 5) is 0. The highest BCUT2D eigenvalue weighted by atomic mass is 16.2. The molecule has 0 fully saturated rings. The Kier molecular flexibility index (Phi) is 2.50. The predicted octanol–water partition coefficient (Wildman–Crippen LogP) is -0.159. The molecule has 6 heavy (non-hydrogen) atoms. The molecule has 0 aromatic rings. The highest BCUT2D eigenvalue weighted by molar-refractivity contribution is 4.90. The Balaban J connectivity index is 3.14. The first-order valence-corrected chi connectivity index (χ1v) is 1.80. The van der Waals surface area contributed by atoms with E-state index in [1.54, 1.807) is 13.0 Å². The van der Waals surface area contributed by atoms with Crippen LogP contribution in [-0.4, -0.2) is 11.7 Å². The van der Waals surface area contributed by atoms with Gasteiger partial charge in [0, 0.05) is 5.70 Å². The predicted molar refractivity (Wildman–Crippen MR) is 25.0 cm³/mol. The molecule has 3 N–H and O–H groups in total. The van der Waals surface area contributed by atoms with Gasteiger partial charge >= 0.3 is 0 Å². The van der Waals surface area contributed by atoms with E-state index in [0.29, 0.717) is 5.70 Å². The average Bonchev–Trinajstić information content (AvgIpc) is 1.35. The van der Waals surface area contributed by atoms with E-state index in [0.717, 1.165) is 0 Å². The molecule has 0 unspecified atom stereocenters. The van der Waals surface area contributed by atoms with Crippen LogP contribution in [-0.2, 0) is 0 Å². The topological polar surface area (TPSA) is 46.2 Å². The number of aliphatic hydroxyl groups excluding tert-OH is 1. The van der Waals surface area contributed by atoms with Crippen molar-refractivity contribution >= 4 is 0 Å². The van der Waals surface area contributed by atoms with Gasteiger partial charge in [-0.15, -0.1) is 0 Å². The molecule has 0 spiro atoms. The number of hydrogen-bond donors (Lipinski definition) is 2. The van der Waals surface area contributed by atoms with Crippen LogP contribution in [0.15, 0.2) is 11.8 Å². The fraction of sp³-hybridized carbons (Fsp3) is 0.500. The first-order valence-electron chi connectivity index (χ1n) is 1.80. The Morgan fingerprint density at radius 1 is 2.00 bits per heavy atom. The van der Waals surface area contributed by atoms with Crippen LogP contribution in [0.25, 0.3) is 0 Å². The van der Waals surface area contributed by atoms with Crippen molar-refractivity contribution in [2.75, 3.05) is 6.61 Å². The zero-order chi connectivity index (χ0) is 4.99. The summed E-state index contributed by atoms with van der Waals surface area (Å²) in [5.74, 6) is 0. The molecule has 0 radical (unpaired) electrons. The van der Waals surface area contributed by atoms with Crippen molar-refractivity contribution in [3.63, 3.8) is 0 Å². The van der Waals surface area contributed by atoms with Crippen LogP contribution in [0.1, 0.15) is 6.92 Å². The number of allylic oxidation sites excluding steroid dienone is 1. The summed E-state index contributed by atoms with van der Waals surface area (Å²) in [5.41, 5.74) is 5.77. The lowest BCUT2D eigenvalue weighted by atomic mass is 10.5. The second-order valence-corrected chi connectivity index (χ2v) is 1.13.